The minimum Gasteiger partial charge on any atom is -0.316 e. The highest BCUT2D eigenvalue weighted by molar-refractivity contribution is 7.91. The molecule has 3 heterocycles. The number of carbonyl (C=O) groups excluding carboxylic acids is 1. The van der Waals surface area contributed by atoms with Gasteiger partial charge in [0.1, 0.15) is 0 Å². The lowest BCUT2D eigenvalue weighted by molar-refractivity contribution is -0.114. The molecule has 1 aromatic rings. The molecule has 0 unspecified atom stereocenters. The summed E-state index contributed by atoms with van der Waals surface area (Å²) in [6, 6.07) is 0. The summed E-state index contributed by atoms with van der Waals surface area (Å²) in [7, 11) is -3.60. The average molecular weight is 317 g/mol. The summed E-state index contributed by atoms with van der Waals surface area (Å²) in [5, 5.41) is 13.3. The predicted molar refractivity (Wildman–Crippen MR) is 72.8 cm³/mol. The van der Waals surface area contributed by atoms with Crippen LogP contribution in [0.2, 0.25) is 0 Å². The molecule has 2 N–H and O–H groups in total. The van der Waals surface area contributed by atoms with Crippen molar-refractivity contribution in [2.24, 2.45) is 11.8 Å². The Balaban J connectivity index is 1.78. The van der Waals surface area contributed by atoms with Crippen molar-refractivity contribution in [2.45, 2.75) is 11.3 Å². The van der Waals surface area contributed by atoms with E-state index in [-0.39, 0.29) is 15.4 Å². The third-order valence-electron chi connectivity index (χ3n) is 3.61. The van der Waals surface area contributed by atoms with Gasteiger partial charge >= 0.3 is 0 Å². The normalized spacial score (nSPS) is 26.6. The Morgan fingerprint density at radius 2 is 2.00 bits per heavy atom. The van der Waals surface area contributed by atoms with E-state index in [4.69, 9.17) is 0 Å². The van der Waals surface area contributed by atoms with E-state index in [1.165, 1.54) is 11.2 Å². The molecule has 0 aliphatic carbocycles. The van der Waals surface area contributed by atoms with Crippen LogP contribution in [0.15, 0.2) is 4.34 Å². The minimum atomic E-state index is -3.60. The predicted octanol–water partition coefficient (Wildman–Crippen LogP) is -0.664. The maximum Gasteiger partial charge on any atom is 0.272 e. The largest absolute Gasteiger partial charge is 0.316 e. The van der Waals surface area contributed by atoms with Gasteiger partial charge in [0.2, 0.25) is 15.4 Å². The van der Waals surface area contributed by atoms with Gasteiger partial charge in [-0.05, 0) is 24.9 Å². The molecule has 0 saturated carbocycles. The quantitative estimate of drug-likeness (QED) is 0.717. The first-order chi connectivity index (χ1) is 9.46. The van der Waals surface area contributed by atoms with Gasteiger partial charge in [-0.1, -0.05) is 11.3 Å². The first-order valence-electron chi connectivity index (χ1n) is 6.29. The number of nitrogens with one attached hydrogen (secondary N) is 2. The first kappa shape index (κ1) is 13.9. The Labute approximate surface area is 120 Å². The van der Waals surface area contributed by atoms with Crippen molar-refractivity contribution in [1.82, 2.24) is 19.8 Å². The smallest absolute Gasteiger partial charge is 0.272 e. The summed E-state index contributed by atoms with van der Waals surface area (Å²) in [5.41, 5.74) is 0. The van der Waals surface area contributed by atoms with Crippen molar-refractivity contribution < 1.29 is 13.2 Å². The zero-order valence-electron chi connectivity index (χ0n) is 10.9. The molecule has 2 fully saturated rings. The van der Waals surface area contributed by atoms with Crippen LogP contribution < -0.4 is 10.6 Å². The van der Waals surface area contributed by atoms with E-state index in [1.807, 2.05) is 0 Å². The van der Waals surface area contributed by atoms with E-state index in [2.05, 4.69) is 20.8 Å². The number of carbonyl (C=O) groups is 1. The summed E-state index contributed by atoms with van der Waals surface area (Å²) in [6.07, 6.45) is 0. The molecule has 1 aromatic heterocycles. The second kappa shape index (κ2) is 5.02. The maximum atomic E-state index is 12.5. The van der Waals surface area contributed by atoms with Crippen LogP contribution in [0, 0.1) is 11.8 Å². The fourth-order valence-electron chi connectivity index (χ4n) is 2.63. The molecule has 0 aromatic carbocycles. The van der Waals surface area contributed by atoms with Gasteiger partial charge in [-0.3, -0.25) is 4.79 Å². The zero-order valence-corrected chi connectivity index (χ0v) is 12.5. The highest BCUT2D eigenvalue weighted by Crippen LogP contribution is 2.32. The van der Waals surface area contributed by atoms with Crippen LogP contribution in [-0.2, 0) is 14.8 Å². The summed E-state index contributed by atoms with van der Waals surface area (Å²) in [6.45, 7) is 4.11. The lowest BCUT2D eigenvalue weighted by Crippen LogP contribution is -2.31. The van der Waals surface area contributed by atoms with Crippen molar-refractivity contribution >= 4 is 32.4 Å². The molecule has 10 heteroatoms. The van der Waals surface area contributed by atoms with Crippen LogP contribution >= 0.6 is 11.3 Å². The Morgan fingerprint density at radius 1 is 1.35 bits per heavy atom. The molecular formula is C10H15N5O3S2. The van der Waals surface area contributed by atoms with Crippen molar-refractivity contribution in [2.75, 3.05) is 31.5 Å². The fraction of sp³-hybridized carbons (Fsp3) is 0.700. The molecule has 2 atom stereocenters. The van der Waals surface area contributed by atoms with Crippen LogP contribution in [0.3, 0.4) is 0 Å². The van der Waals surface area contributed by atoms with Crippen LogP contribution in [0.4, 0.5) is 5.13 Å². The molecule has 0 bridgehead atoms. The summed E-state index contributed by atoms with van der Waals surface area (Å²) in [4.78, 5) is 10.9. The number of rotatable bonds is 3. The molecule has 0 spiro atoms. The molecule has 8 nitrogen and oxygen atoms in total. The van der Waals surface area contributed by atoms with Gasteiger partial charge in [-0.15, -0.1) is 10.2 Å². The monoisotopic (exact) mass is 317 g/mol. The Hall–Kier alpha value is -1.10. The topological polar surface area (TPSA) is 104 Å². The van der Waals surface area contributed by atoms with E-state index < -0.39 is 10.0 Å². The summed E-state index contributed by atoms with van der Waals surface area (Å²) < 4.78 is 26.3. The molecule has 3 rings (SSSR count). The number of nitrogens with zero attached hydrogens (tertiary/aromatic N) is 3. The second-order valence-electron chi connectivity index (χ2n) is 5.05. The van der Waals surface area contributed by atoms with Gasteiger partial charge in [0, 0.05) is 20.0 Å². The van der Waals surface area contributed by atoms with Gasteiger partial charge < -0.3 is 10.6 Å². The van der Waals surface area contributed by atoms with Gasteiger partial charge in [0.15, 0.2) is 0 Å². The third kappa shape index (κ3) is 2.43. The molecule has 1 amide bonds. The van der Waals surface area contributed by atoms with Gasteiger partial charge in [-0.25, -0.2) is 8.42 Å². The lowest BCUT2D eigenvalue weighted by Gasteiger charge is -2.14. The van der Waals surface area contributed by atoms with Crippen molar-refractivity contribution in [3.63, 3.8) is 0 Å². The number of fused-ring (bicyclic) bond motifs is 1. The Bertz CT molecular complexity index is 617. The van der Waals surface area contributed by atoms with E-state index in [0.29, 0.717) is 24.9 Å². The summed E-state index contributed by atoms with van der Waals surface area (Å²) in [5.74, 6) is 0.465. The highest BCUT2D eigenvalue weighted by atomic mass is 32.2. The highest BCUT2D eigenvalue weighted by Gasteiger charge is 2.42. The number of sulfonamides is 1. The van der Waals surface area contributed by atoms with Crippen LogP contribution in [0.1, 0.15) is 6.92 Å². The summed E-state index contributed by atoms with van der Waals surface area (Å²) >= 11 is 0.884. The Morgan fingerprint density at radius 3 is 2.60 bits per heavy atom. The SMILES string of the molecule is CC(=O)Nc1nnc(S(=O)(=O)N2C[C@H]3CNC[C@H]3C2)s1. The van der Waals surface area contributed by atoms with Crippen molar-refractivity contribution in [3.05, 3.63) is 0 Å². The molecule has 2 aliphatic heterocycles. The standard InChI is InChI=1S/C10H15N5O3S2/c1-6(16)12-9-13-14-10(19-9)20(17,18)15-4-7-2-11-3-8(7)5-15/h7-8,11H,2-5H2,1H3,(H,12,13,16)/t7-,8+. The van der Waals surface area contributed by atoms with E-state index in [9.17, 15) is 13.2 Å². The van der Waals surface area contributed by atoms with Crippen LogP contribution in [0.25, 0.3) is 0 Å². The zero-order chi connectivity index (χ0) is 14.3. The van der Waals surface area contributed by atoms with Crippen LogP contribution in [-0.4, -0.2) is 55.0 Å². The van der Waals surface area contributed by atoms with E-state index >= 15 is 0 Å². The Kier molecular flexibility index (Phi) is 3.48. The molecule has 2 saturated heterocycles. The maximum absolute atomic E-state index is 12.5. The van der Waals surface area contributed by atoms with Gasteiger partial charge in [-0.2, -0.15) is 4.31 Å². The van der Waals surface area contributed by atoms with Gasteiger partial charge in [0.05, 0.1) is 0 Å². The number of hydrogen-bond acceptors (Lipinski definition) is 7. The molecular weight excluding hydrogens is 302 g/mol. The van der Waals surface area contributed by atoms with Crippen molar-refractivity contribution in [3.8, 4) is 0 Å². The fourth-order valence-corrected chi connectivity index (χ4v) is 5.27. The number of anilines is 1. The lowest BCUT2D eigenvalue weighted by atomic mass is 10.0. The molecule has 2 aliphatic rings. The molecule has 20 heavy (non-hydrogen) atoms. The van der Waals surface area contributed by atoms with E-state index in [0.717, 1.165) is 24.4 Å². The number of hydrogen-bond donors (Lipinski definition) is 2. The number of aromatic nitrogens is 2. The second-order valence-corrected chi connectivity index (χ2v) is 8.14. The van der Waals surface area contributed by atoms with Crippen molar-refractivity contribution in [1.29, 1.82) is 0 Å². The third-order valence-corrected chi connectivity index (χ3v) is 6.62. The average Bonchev–Trinajstić information content (AvgIpc) is 3.00. The van der Waals surface area contributed by atoms with Gasteiger partial charge in [0.25, 0.3) is 10.0 Å². The number of amides is 1. The molecule has 0 radical (unpaired) electrons. The van der Waals surface area contributed by atoms with E-state index in [1.54, 1.807) is 0 Å². The van der Waals surface area contributed by atoms with Crippen LogP contribution in [0.5, 0.6) is 0 Å². The first-order valence-corrected chi connectivity index (χ1v) is 8.54. The minimum absolute atomic E-state index is 0.0609. The molecule has 110 valence electrons.